The molecule has 2 aromatic rings. The second-order valence-electron chi connectivity index (χ2n) is 14.9. The van der Waals surface area contributed by atoms with Crippen molar-refractivity contribution < 1.29 is 23.6 Å². The Hall–Kier alpha value is -2.89. The number of aromatic amines is 1. The molecule has 6 rings (SSSR count). The molecule has 3 fully saturated rings. The summed E-state index contributed by atoms with van der Waals surface area (Å²) in [4.78, 5) is 36.1. The number of amides is 2. The van der Waals surface area contributed by atoms with Crippen LogP contribution < -0.4 is 16.1 Å². The van der Waals surface area contributed by atoms with Crippen molar-refractivity contribution >= 4 is 24.6 Å². The van der Waals surface area contributed by atoms with Gasteiger partial charge < -0.3 is 34.6 Å². The maximum absolute atomic E-state index is 13.7. The molecule has 0 bridgehead atoms. The second kappa shape index (κ2) is 11.7. The van der Waals surface area contributed by atoms with E-state index in [2.05, 4.69) is 62.4 Å². The van der Waals surface area contributed by atoms with E-state index >= 15 is 0 Å². The second-order valence-corrected chi connectivity index (χ2v) is 14.9. The Balaban J connectivity index is 1.36. The SMILES string of the molecule is COC(=O)N[C@H](C(=O)N1CCC[C@H]1c1ncc(-c2ccc(B3OC(C)(C)C(C)(C)O3)c3c2CCCC32CCC(C)N2)[nH]1)C(C)C. The van der Waals surface area contributed by atoms with Crippen molar-refractivity contribution in [3.8, 4) is 11.3 Å². The first kappa shape index (κ1) is 32.1. The molecule has 244 valence electrons. The van der Waals surface area contributed by atoms with Gasteiger partial charge in [-0.25, -0.2) is 9.78 Å². The fourth-order valence-corrected chi connectivity index (χ4v) is 7.91. The number of H-pyrrole nitrogens is 1. The zero-order valence-electron chi connectivity index (χ0n) is 28.2. The topological polar surface area (TPSA) is 118 Å². The highest BCUT2D eigenvalue weighted by molar-refractivity contribution is 6.62. The van der Waals surface area contributed by atoms with Gasteiger partial charge in [-0.15, -0.1) is 0 Å². The van der Waals surface area contributed by atoms with E-state index in [1.807, 2.05) is 24.9 Å². The summed E-state index contributed by atoms with van der Waals surface area (Å²) >= 11 is 0. The number of benzene rings is 1. The summed E-state index contributed by atoms with van der Waals surface area (Å²) in [6.07, 6.45) is 8.37. The third kappa shape index (κ3) is 5.59. The molecule has 4 heterocycles. The Kier molecular flexibility index (Phi) is 8.36. The molecule has 1 aliphatic carbocycles. The number of carbonyl (C=O) groups is 2. The molecule has 3 saturated heterocycles. The van der Waals surface area contributed by atoms with Gasteiger partial charge in [0.15, 0.2) is 0 Å². The van der Waals surface area contributed by atoms with Gasteiger partial charge in [0, 0.05) is 23.7 Å². The highest BCUT2D eigenvalue weighted by Gasteiger charge is 2.54. The first-order valence-electron chi connectivity index (χ1n) is 16.8. The largest absolute Gasteiger partial charge is 0.495 e. The lowest BCUT2D eigenvalue weighted by molar-refractivity contribution is -0.135. The molecule has 2 amide bonds. The van der Waals surface area contributed by atoms with E-state index in [9.17, 15) is 9.59 Å². The minimum absolute atomic E-state index is 0.0849. The Bertz CT molecular complexity index is 1440. The average molecular weight is 620 g/mol. The van der Waals surface area contributed by atoms with Crippen LogP contribution in [-0.4, -0.2) is 70.9 Å². The maximum Gasteiger partial charge on any atom is 0.495 e. The van der Waals surface area contributed by atoms with Gasteiger partial charge in [-0.2, -0.15) is 0 Å². The third-order valence-electron chi connectivity index (χ3n) is 11.0. The predicted molar refractivity (Wildman–Crippen MR) is 174 cm³/mol. The first-order valence-corrected chi connectivity index (χ1v) is 16.8. The number of methoxy groups -OCH3 is 1. The highest BCUT2D eigenvalue weighted by atomic mass is 16.7. The number of likely N-dealkylation sites (tertiary alicyclic amines) is 1. The lowest BCUT2D eigenvalue weighted by Crippen LogP contribution is -2.51. The van der Waals surface area contributed by atoms with E-state index in [1.165, 1.54) is 18.2 Å². The summed E-state index contributed by atoms with van der Waals surface area (Å²) in [6, 6.07) is 3.99. The number of nitrogens with zero attached hydrogens (tertiary/aromatic N) is 2. The Morgan fingerprint density at radius 2 is 1.84 bits per heavy atom. The normalized spacial score (nSPS) is 27.7. The minimum Gasteiger partial charge on any atom is -0.453 e. The molecule has 4 atom stereocenters. The molecule has 45 heavy (non-hydrogen) atoms. The predicted octanol–water partition coefficient (Wildman–Crippen LogP) is 4.72. The van der Waals surface area contributed by atoms with Crippen LogP contribution in [0.2, 0.25) is 0 Å². The van der Waals surface area contributed by atoms with Gasteiger partial charge in [-0.3, -0.25) is 4.79 Å². The Morgan fingerprint density at radius 1 is 1.11 bits per heavy atom. The van der Waals surface area contributed by atoms with Gasteiger partial charge >= 0.3 is 13.2 Å². The van der Waals surface area contributed by atoms with E-state index in [4.69, 9.17) is 19.0 Å². The summed E-state index contributed by atoms with van der Waals surface area (Å²) in [6.45, 7) is 15.2. The summed E-state index contributed by atoms with van der Waals surface area (Å²) in [5, 5.41) is 6.73. The molecule has 3 N–H and O–H groups in total. The van der Waals surface area contributed by atoms with E-state index in [1.54, 1.807) is 0 Å². The van der Waals surface area contributed by atoms with Crippen LogP contribution in [0.3, 0.4) is 0 Å². The first-order chi connectivity index (χ1) is 21.3. The van der Waals surface area contributed by atoms with Crippen LogP contribution >= 0.6 is 0 Å². The fraction of sp³-hybridized carbons (Fsp3) is 0.676. The van der Waals surface area contributed by atoms with Crippen molar-refractivity contribution in [3.63, 3.8) is 0 Å². The number of imidazole rings is 1. The van der Waals surface area contributed by atoms with Gasteiger partial charge in [0.1, 0.15) is 11.9 Å². The summed E-state index contributed by atoms with van der Waals surface area (Å²) in [5.74, 6) is 0.583. The Labute approximate surface area is 267 Å². The summed E-state index contributed by atoms with van der Waals surface area (Å²) in [5.41, 5.74) is 4.92. The molecule has 1 aromatic carbocycles. The number of ether oxygens (including phenoxy) is 1. The third-order valence-corrected chi connectivity index (χ3v) is 11.0. The van der Waals surface area contributed by atoms with Crippen LogP contribution in [0.5, 0.6) is 0 Å². The highest BCUT2D eigenvalue weighted by Crippen LogP contribution is 2.46. The Morgan fingerprint density at radius 3 is 2.49 bits per heavy atom. The lowest BCUT2D eigenvalue weighted by atomic mass is 9.64. The molecule has 4 aliphatic rings. The number of hydrogen-bond acceptors (Lipinski definition) is 7. The van der Waals surface area contributed by atoms with E-state index in [-0.39, 0.29) is 23.4 Å². The molecule has 1 spiro atoms. The van der Waals surface area contributed by atoms with Crippen LogP contribution in [0.15, 0.2) is 18.3 Å². The van der Waals surface area contributed by atoms with Crippen LogP contribution in [0, 0.1) is 5.92 Å². The van der Waals surface area contributed by atoms with Gasteiger partial charge in [-0.05, 0) is 102 Å². The summed E-state index contributed by atoms with van der Waals surface area (Å²) < 4.78 is 18.0. The standard InChI is InChI=1S/C34H50BN5O5/c1-20(2)28(38-31(42)43-8)30(41)40-18-10-12-26(40)29-36-19-25(37-29)22-13-14-24(35-44-32(4,5)33(6,7)45-35)27-23(22)11-9-16-34(27)17-15-21(3)39-34/h13-14,19-21,26,28,39H,9-12,15-18H2,1-8H3,(H,36,37)(H,38,42)/t21?,26-,28-,34?/m0/s1. The molecule has 0 radical (unpaired) electrons. The van der Waals surface area contributed by atoms with Crippen LogP contribution in [0.25, 0.3) is 11.3 Å². The van der Waals surface area contributed by atoms with E-state index in [0.29, 0.717) is 12.6 Å². The van der Waals surface area contributed by atoms with E-state index < -0.39 is 30.5 Å². The van der Waals surface area contributed by atoms with Crippen molar-refractivity contribution in [2.24, 2.45) is 5.92 Å². The monoisotopic (exact) mass is 619 g/mol. The molecule has 3 aliphatic heterocycles. The molecule has 11 heteroatoms. The van der Waals surface area contributed by atoms with Crippen LogP contribution in [0.1, 0.15) is 110 Å². The average Bonchev–Trinajstić information content (AvgIpc) is 3.77. The minimum atomic E-state index is -0.667. The number of nitrogens with one attached hydrogen (secondary N) is 3. The van der Waals surface area contributed by atoms with Crippen LogP contribution in [-0.2, 0) is 30.8 Å². The fourth-order valence-electron chi connectivity index (χ4n) is 7.91. The number of aromatic nitrogens is 2. The molecule has 0 saturated carbocycles. The maximum atomic E-state index is 13.7. The van der Waals surface area contributed by atoms with Gasteiger partial charge in [0.05, 0.1) is 36.2 Å². The van der Waals surface area contributed by atoms with Crippen molar-refractivity contribution in [1.82, 2.24) is 25.5 Å². The zero-order valence-corrected chi connectivity index (χ0v) is 28.2. The molecule has 1 aromatic heterocycles. The number of fused-ring (bicyclic) bond motifs is 2. The van der Waals surface area contributed by atoms with Crippen molar-refractivity contribution in [3.05, 3.63) is 35.3 Å². The molecule has 10 nitrogen and oxygen atoms in total. The van der Waals surface area contributed by atoms with Crippen molar-refractivity contribution in [1.29, 1.82) is 0 Å². The molecular weight excluding hydrogens is 569 g/mol. The van der Waals surface area contributed by atoms with Gasteiger partial charge in [-0.1, -0.05) is 26.0 Å². The number of carbonyl (C=O) groups excluding carboxylic acids is 2. The number of rotatable bonds is 6. The number of hydrogen-bond donors (Lipinski definition) is 3. The number of alkyl carbamates (subject to hydrolysis) is 1. The van der Waals surface area contributed by atoms with Gasteiger partial charge in [0.2, 0.25) is 5.91 Å². The smallest absolute Gasteiger partial charge is 0.453 e. The quantitative estimate of drug-likeness (QED) is 0.401. The molecular formula is C34H50BN5O5. The van der Waals surface area contributed by atoms with Crippen molar-refractivity contribution in [2.75, 3.05) is 13.7 Å². The zero-order chi connectivity index (χ0) is 32.3. The molecule has 2 unspecified atom stereocenters. The van der Waals surface area contributed by atoms with Crippen LogP contribution in [0.4, 0.5) is 4.79 Å². The van der Waals surface area contributed by atoms with Gasteiger partial charge in [0.25, 0.3) is 0 Å². The van der Waals surface area contributed by atoms with E-state index in [0.717, 1.165) is 67.5 Å². The van der Waals surface area contributed by atoms with Crippen molar-refractivity contribution in [2.45, 2.75) is 128 Å². The lowest BCUT2D eigenvalue weighted by Gasteiger charge is -2.40. The summed E-state index contributed by atoms with van der Waals surface area (Å²) in [7, 11) is 0.875.